The molecular weight excluding hydrogens is 593 g/mol. The van der Waals surface area contributed by atoms with E-state index in [0.29, 0.717) is 27.6 Å². The zero-order chi connectivity index (χ0) is 31.6. The molecule has 0 spiro atoms. The number of benzene rings is 2. The van der Waals surface area contributed by atoms with Gasteiger partial charge in [-0.1, -0.05) is 60.7 Å². The normalized spacial score (nSPS) is 13.5. The first-order valence-corrected chi connectivity index (χ1v) is 16.4. The predicted octanol–water partition coefficient (Wildman–Crippen LogP) is 8.67. The van der Waals surface area contributed by atoms with E-state index in [2.05, 4.69) is 4.72 Å². The summed E-state index contributed by atoms with van der Waals surface area (Å²) in [4.78, 5) is 26.5. The summed E-state index contributed by atoms with van der Waals surface area (Å²) in [6, 6.07) is 23.0. The van der Waals surface area contributed by atoms with Gasteiger partial charge >= 0.3 is 6.09 Å². The maximum absolute atomic E-state index is 13.9. The van der Waals surface area contributed by atoms with Crippen LogP contribution in [-0.4, -0.2) is 31.0 Å². The van der Waals surface area contributed by atoms with Crippen LogP contribution >= 0.6 is 11.3 Å². The van der Waals surface area contributed by atoms with E-state index in [1.165, 1.54) is 16.2 Å². The molecule has 8 nitrogen and oxygen atoms in total. The fourth-order valence-electron chi connectivity index (χ4n) is 4.56. The van der Waals surface area contributed by atoms with Crippen molar-refractivity contribution in [2.45, 2.75) is 71.4 Å². The van der Waals surface area contributed by atoms with Gasteiger partial charge in [-0.3, -0.25) is 4.90 Å². The minimum absolute atomic E-state index is 0.109. The molecule has 0 saturated carbocycles. The van der Waals surface area contributed by atoms with Crippen molar-refractivity contribution >= 4 is 44.8 Å². The van der Waals surface area contributed by atoms with Gasteiger partial charge in [-0.05, 0) is 66.2 Å². The van der Waals surface area contributed by atoms with E-state index in [-0.39, 0.29) is 12.6 Å². The lowest BCUT2D eigenvalue weighted by Gasteiger charge is -2.26. The number of hydrogen-bond donors (Lipinski definition) is 1. The molecule has 230 valence electrons. The highest BCUT2D eigenvalue weighted by atomic mass is 32.2. The molecule has 3 aromatic heterocycles. The van der Waals surface area contributed by atoms with Crippen molar-refractivity contribution in [3.63, 3.8) is 0 Å². The molecule has 0 fully saturated rings. The second-order valence-corrected chi connectivity index (χ2v) is 15.5. The monoisotopic (exact) mass is 630 g/mol. The molecule has 0 aliphatic carbocycles. The Labute approximate surface area is 265 Å². The van der Waals surface area contributed by atoms with E-state index in [1.54, 1.807) is 12.3 Å². The summed E-state index contributed by atoms with van der Waals surface area (Å²) in [7, 11) is 0. The Balaban J connectivity index is 1.80. The molecule has 0 bridgehead atoms. The number of carbonyl (C=O) groups excluding carboxylic acids is 1. The van der Waals surface area contributed by atoms with Gasteiger partial charge in [0, 0.05) is 27.4 Å². The first kappa shape index (κ1) is 31.7. The standard InChI is InChI=1S/C34H38N4O4S2/c1-22(37-44(40)34(5,6)7)28-26(23-15-10-8-11-16-23)27-29(43-28)31(36-30(35-27)24-17-12-9-13-18-24)38(21-25-19-14-20-41-25)32(39)42-33(2,3)4/h8-20,22,37H,21H2,1-7H3/t22-,44+/m0/s1. The predicted molar refractivity (Wildman–Crippen MR) is 179 cm³/mol. The quantitative estimate of drug-likeness (QED) is 0.171. The fraction of sp³-hybridized carbons (Fsp3) is 0.324. The number of nitrogens with zero attached hydrogens (tertiary/aromatic N) is 3. The SMILES string of the molecule is C[C@H](N[S@+]([O-])C(C)(C)C)c1sc2c(N(Cc3ccco3)C(=O)OC(C)(C)C)nc(-c3ccccc3)nc2c1-c1ccccc1. The fourth-order valence-corrected chi connectivity index (χ4v) is 6.69. The van der Waals surface area contributed by atoms with Crippen LogP contribution in [0.3, 0.4) is 0 Å². The summed E-state index contributed by atoms with van der Waals surface area (Å²) in [6.45, 7) is 13.4. The molecule has 0 aliphatic rings. The summed E-state index contributed by atoms with van der Waals surface area (Å²) in [6.07, 6.45) is 1.02. The van der Waals surface area contributed by atoms with E-state index >= 15 is 0 Å². The summed E-state index contributed by atoms with van der Waals surface area (Å²) in [5, 5.41) is 0. The van der Waals surface area contributed by atoms with Crippen LogP contribution in [0.1, 0.15) is 65.1 Å². The number of fused-ring (bicyclic) bond motifs is 1. The van der Waals surface area contributed by atoms with Gasteiger partial charge in [-0.15, -0.1) is 16.1 Å². The largest absolute Gasteiger partial charge is 0.598 e. The van der Waals surface area contributed by atoms with Crippen molar-refractivity contribution < 1.29 is 18.5 Å². The Kier molecular flexibility index (Phi) is 9.17. The number of ether oxygens (including phenoxy) is 1. The van der Waals surface area contributed by atoms with Gasteiger partial charge in [0.05, 0.1) is 29.1 Å². The molecule has 5 rings (SSSR count). The summed E-state index contributed by atoms with van der Waals surface area (Å²) >= 11 is 0.165. The number of amides is 1. The van der Waals surface area contributed by atoms with Crippen molar-refractivity contribution in [1.29, 1.82) is 0 Å². The molecule has 0 aliphatic heterocycles. The molecule has 0 saturated heterocycles. The van der Waals surface area contributed by atoms with Crippen molar-refractivity contribution in [3.05, 3.63) is 89.7 Å². The van der Waals surface area contributed by atoms with E-state index in [1.807, 2.05) is 115 Å². The lowest BCUT2D eigenvalue weighted by Crippen LogP contribution is -2.40. The molecule has 0 radical (unpaired) electrons. The topological polar surface area (TPSA) is 104 Å². The maximum Gasteiger partial charge on any atom is 0.416 e. The zero-order valence-electron chi connectivity index (χ0n) is 26.1. The van der Waals surface area contributed by atoms with Crippen LogP contribution < -0.4 is 9.62 Å². The highest BCUT2D eigenvalue weighted by molar-refractivity contribution is 7.90. The van der Waals surface area contributed by atoms with Crippen LogP contribution in [0.5, 0.6) is 0 Å². The number of nitrogens with one attached hydrogen (secondary N) is 1. The minimum atomic E-state index is -1.32. The molecule has 5 aromatic rings. The molecule has 1 amide bonds. The van der Waals surface area contributed by atoms with Gasteiger partial charge in [-0.2, -0.15) is 0 Å². The molecule has 2 atom stereocenters. The third kappa shape index (κ3) is 7.15. The van der Waals surface area contributed by atoms with Gasteiger partial charge in [0.1, 0.15) is 16.1 Å². The van der Waals surface area contributed by atoms with Crippen molar-refractivity contribution in [2.75, 3.05) is 4.90 Å². The molecule has 2 aromatic carbocycles. The molecule has 10 heteroatoms. The van der Waals surface area contributed by atoms with Crippen molar-refractivity contribution in [2.24, 2.45) is 0 Å². The second kappa shape index (κ2) is 12.7. The Morgan fingerprint density at radius 3 is 2.18 bits per heavy atom. The third-order valence-corrected chi connectivity index (χ3v) is 9.67. The van der Waals surface area contributed by atoms with Crippen LogP contribution in [0.25, 0.3) is 32.7 Å². The van der Waals surface area contributed by atoms with Gasteiger partial charge in [0.2, 0.25) is 0 Å². The van der Waals surface area contributed by atoms with Gasteiger partial charge in [0.15, 0.2) is 11.6 Å². The second-order valence-electron chi connectivity index (χ2n) is 12.5. The first-order valence-electron chi connectivity index (χ1n) is 14.5. The van der Waals surface area contributed by atoms with E-state index in [9.17, 15) is 9.35 Å². The zero-order valence-corrected chi connectivity index (χ0v) is 27.7. The van der Waals surface area contributed by atoms with Crippen LogP contribution in [0.2, 0.25) is 0 Å². The van der Waals surface area contributed by atoms with Crippen molar-refractivity contribution in [1.82, 2.24) is 14.7 Å². The van der Waals surface area contributed by atoms with Gasteiger partial charge in [-0.25, -0.2) is 14.8 Å². The molecule has 3 heterocycles. The van der Waals surface area contributed by atoms with Crippen molar-refractivity contribution in [3.8, 4) is 22.5 Å². The molecule has 44 heavy (non-hydrogen) atoms. The van der Waals surface area contributed by atoms with Crippen LogP contribution in [0.4, 0.5) is 10.6 Å². The Morgan fingerprint density at radius 2 is 1.61 bits per heavy atom. The lowest BCUT2D eigenvalue weighted by molar-refractivity contribution is 0.0574. The number of rotatable bonds is 8. The van der Waals surface area contributed by atoms with Gasteiger partial charge in [0.25, 0.3) is 0 Å². The lowest BCUT2D eigenvalue weighted by atomic mass is 10.0. The number of furan rings is 1. The number of aromatic nitrogens is 2. The number of thiophene rings is 1. The summed E-state index contributed by atoms with van der Waals surface area (Å²) < 4.78 is 28.3. The van der Waals surface area contributed by atoms with Crippen LogP contribution in [0.15, 0.2) is 83.5 Å². The van der Waals surface area contributed by atoms with E-state index < -0.39 is 27.8 Å². The average Bonchev–Trinajstić information content (AvgIpc) is 3.63. The summed E-state index contributed by atoms with van der Waals surface area (Å²) in [5.74, 6) is 1.47. The molecular formula is C34H38N4O4S2. The third-order valence-electron chi connectivity index (χ3n) is 6.63. The van der Waals surface area contributed by atoms with E-state index in [0.717, 1.165) is 21.6 Å². The number of carbonyl (C=O) groups is 1. The van der Waals surface area contributed by atoms with Crippen LogP contribution in [0, 0.1) is 0 Å². The molecule has 1 N–H and O–H groups in total. The highest BCUT2D eigenvalue weighted by Gasteiger charge is 2.33. The number of anilines is 1. The Morgan fingerprint density at radius 1 is 0.977 bits per heavy atom. The Hall–Kier alpha value is -3.70. The maximum atomic E-state index is 13.9. The average molecular weight is 631 g/mol. The van der Waals surface area contributed by atoms with Crippen LogP contribution in [-0.2, 0) is 22.6 Å². The highest BCUT2D eigenvalue weighted by Crippen LogP contribution is 2.45. The smallest absolute Gasteiger partial charge is 0.416 e. The number of hydrogen-bond acceptors (Lipinski definition) is 8. The Bertz CT molecular complexity index is 1710. The van der Waals surface area contributed by atoms with E-state index in [4.69, 9.17) is 19.1 Å². The van der Waals surface area contributed by atoms with Gasteiger partial charge < -0.3 is 13.7 Å². The first-order chi connectivity index (χ1) is 20.8. The molecule has 0 unspecified atom stereocenters. The minimum Gasteiger partial charge on any atom is -0.598 e. The summed E-state index contributed by atoms with van der Waals surface area (Å²) in [5.41, 5.74) is 2.63.